The molecule has 1 aliphatic rings. The molecule has 0 unspecified atom stereocenters. The minimum Gasteiger partial charge on any atom is -0.444 e. The van der Waals surface area contributed by atoms with E-state index in [1.54, 1.807) is 20.8 Å². The van der Waals surface area contributed by atoms with Crippen LogP contribution >= 0.6 is 0 Å². The van der Waals surface area contributed by atoms with Gasteiger partial charge in [-0.15, -0.1) is 0 Å². The van der Waals surface area contributed by atoms with Crippen molar-refractivity contribution in [1.82, 2.24) is 4.90 Å². The van der Waals surface area contributed by atoms with Gasteiger partial charge in [0.2, 0.25) is 0 Å². The van der Waals surface area contributed by atoms with Crippen LogP contribution in [0.1, 0.15) is 34.1 Å². The number of ether oxygens (including phenoxy) is 2. The van der Waals surface area contributed by atoms with Crippen LogP contribution in [0.5, 0.6) is 0 Å². The fourth-order valence-corrected chi connectivity index (χ4v) is 1.86. The van der Waals surface area contributed by atoms with Gasteiger partial charge in [-0.3, -0.25) is 0 Å². The molecular weight excluding hydrogens is 270 g/mol. The second-order valence-corrected chi connectivity index (χ2v) is 6.30. The van der Waals surface area contributed by atoms with Crippen molar-refractivity contribution in [2.75, 3.05) is 19.7 Å². The summed E-state index contributed by atoms with van der Waals surface area (Å²) in [6.07, 6.45) is -0.567. The van der Waals surface area contributed by atoms with Crippen LogP contribution in [0.25, 0.3) is 0 Å². The summed E-state index contributed by atoms with van der Waals surface area (Å²) in [5.41, 5.74) is 5.26. The summed E-state index contributed by atoms with van der Waals surface area (Å²) in [7, 11) is 0. The number of carbonyl (C=O) groups excluding carboxylic acids is 1. The summed E-state index contributed by atoms with van der Waals surface area (Å²) in [6, 6.07) is -0.351. The van der Waals surface area contributed by atoms with E-state index < -0.39 is 30.3 Å². The molecule has 0 saturated carbocycles. The van der Waals surface area contributed by atoms with E-state index in [-0.39, 0.29) is 12.6 Å². The first-order valence-electron chi connectivity index (χ1n) is 6.71. The van der Waals surface area contributed by atoms with Gasteiger partial charge in [0.1, 0.15) is 12.2 Å². The van der Waals surface area contributed by atoms with Gasteiger partial charge in [-0.1, -0.05) is 0 Å². The molecule has 1 rings (SSSR count). The maximum atomic E-state index is 12.8. The predicted molar refractivity (Wildman–Crippen MR) is 70.8 cm³/mol. The number of rotatable bonds is 3. The Hall–Kier alpha value is -0.950. The first-order chi connectivity index (χ1) is 8.98. The van der Waals surface area contributed by atoms with Gasteiger partial charge in [-0.2, -0.15) is 0 Å². The predicted octanol–water partition coefficient (Wildman–Crippen LogP) is 1.99. The van der Waals surface area contributed by atoms with Gasteiger partial charge in [0.25, 0.3) is 5.92 Å². The molecule has 1 amide bonds. The summed E-state index contributed by atoms with van der Waals surface area (Å²) in [5.74, 6) is -2.91. The van der Waals surface area contributed by atoms with Gasteiger partial charge >= 0.3 is 6.09 Å². The number of alkyl halides is 2. The lowest BCUT2D eigenvalue weighted by atomic mass is 10.0. The third-order valence-corrected chi connectivity index (χ3v) is 2.81. The van der Waals surface area contributed by atoms with Crippen molar-refractivity contribution < 1.29 is 23.0 Å². The molecule has 0 radical (unpaired) electrons. The van der Waals surface area contributed by atoms with E-state index in [1.165, 1.54) is 4.90 Å². The minimum absolute atomic E-state index is 0.173. The highest BCUT2D eigenvalue weighted by Gasteiger charge is 2.34. The van der Waals surface area contributed by atoms with Crippen molar-refractivity contribution in [3.63, 3.8) is 0 Å². The standard InChI is InChI=1S/C13H24F2N2O3/c1-12(2,3)20-11(18)17-6-5-9(16)10(7-17)19-8-13(4,14)15/h9-10H,5-8,16H2,1-4H3/t9-,10+/m1/s1. The Morgan fingerprint density at radius 3 is 2.45 bits per heavy atom. The van der Waals surface area contributed by atoms with E-state index >= 15 is 0 Å². The van der Waals surface area contributed by atoms with E-state index in [9.17, 15) is 13.6 Å². The number of carbonyl (C=O) groups is 1. The van der Waals surface area contributed by atoms with E-state index in [0.717, 1.165) is 6.92 Å². The molecule has 0 bridgehead atoms. The van der Waals surface area contributed by atoms with Gasteiger partial charge in [-0.05, 0) is 27.2 Å². The Morgan fingerprint density at radius 1 is 1.35 bits per heavy atom. The normalized spacial score (nSPS) is 24.6. The van der Waals surface area contributed by atoms with E-state index in [0.29, 0.717) is 13.0 Å². The summed E-state index contributed by atoms with van der Waals surface area (Å²) in [6.45, 7) is 6.01. The molecular formula is C13H24F2N2O3. The fourth-order valence-electron chi connectivity index (χ4n) is 1.86. The Kier molecular flexibility index (Phi) is 5.32. The van der Waals surface area contributed by atoms with Crippen LogP contribution in [0, 0.1) is 0 Å². The van der Waals surface area contributed by atoms with E-state index in [4.69, 9.17) is 15.2 Å². The summed E-state index contributed by atoms with van der Waals surface area (Å²) >= 11 is 0. The summed E-state index contributed by atoms with van der Waals surface area (Å²) in [5, 5.41) is 0. The molecule has 2 N–H and O–H groups in total. The molecule has 1 heterocycles. The molecule has 0 aliphatic carbocycles. The van der Waals surface area contributed by atoms with Crippen LogP contribution in [0.4, 0.5) is 13.6 Å². The highest BCUT2D eigenvalue weighted by molar-refractivity contribution is 5.68. The van der Waals surface area contributed by atoms with Gasteiger partial charge < -0.3 is 20.1 Å². The first-order valence-corrected chi connectivity index (χ1v) is 6.71. The molecule has 0 aromatic carbocycles. The number of piperidine rings is 1. The lowest BCUT2D eigenvalue weighted by Gasteiger charge is -2.37. The number of hydrogen-bond donors (Lipinski definition) is 1. The number of nitrogens with zero attached hydrogens (tertiary/aromatic N) is 1. The van der Waals surface area contributed by atoms with Crippen LogP contribution in [-0.4, -0.2) is 54.4 Å². The largest absolute Gasteiger partial charge is 0.444 e. The van der Waals surface area contributed by atoms with E-state index in [1.807, 2.05) is 0 Å². The van der Waals surface area contributed by atoms with E-state index in [2.05, 4.69) is 0 Å². The quantitative estimate of drug-likeness (QED) is 0.864. The van der Waals surface area contributed by atoms with Crippen LogP contribution in [0.15, 0.2) is 0 Å². The van der Waals surface area contributed by atoms with Crippen LogP contribution in [0.3, 0.4) is 0 Å². The number of hydrogen-bond acceptors (Lipinski definition) is 4. The maximum Gasteiger partial charge on any atom is 0.410 e. The molecule has 0 aromatic rings. The Morgan fingerprint density at radius 2 is 1.95 bits per heavy atom. The lowest BCUT2D eigenvalue weighted by Crippen LogP contribution is -2.54. The number of halogens is 2. The number of likely N-dealkylation sites (tertiary alicyclic amines) is 1. The molecule has 1 aliphatic heterocycles. The summed E-state index contributed by atoms with van der Waals surface area (Å²) < 4.78 is 36.0. The topological polar surface area (TPSA) is 64.8 Å². The smallest absolute Gasteiger partial charge is 0.410 e. The highest BCUT2D eigenvalue weighted by atomic mass is 19.3. The third kappa shape index (κ3) is 6.00. The Balaban J connectivity index is 2.55. The number of amides is 1. The highest BCUT2D eigenvalue weighted by Crippen LogP contribution is 2.19. The number of nitrogens with two attached hydrogens (primary N) is 1. The van der Waals surface area contributed by atoms with Gasteiger partial charge in [0.05, 0.1) is 12.6 Å². The molecule has 20 heavy (non-hydrogen) atoms. The average Bonchev–Trinajstić information content (AvgIpc) is 2.24. The minimum atomic E-state index is -2.91. The van der Waals surface area contributed by atoms with Crippen molar-refractivity contribution in [3.8, 4) is 0 Å². The zero-order valence-electron chi connectivity index (χ0n) is 12.5. The average molecular weight is 294 g/mol. The molecule has 118 valence electrons. The monoisotopic (exact) mass is 294 g/mol. The molecule has 0 spiro atoms. The van der Waals surface area contributed by atoms with Crippen molar-refractivity contribution in [3.05, 3.63) is 0 Å². The van der Waals surface area contributed by atoms with Crippen LogP contribution < -0.4 is 5.73 Å². The van der Waals surface area contributed by atoms with Crippen molar-refractivity contribution in [1.29, 1.82) is 0 Å². The van der Waals surface area contributed by atoms with Gasteiger partial charge in [0, 0.05) is 19.5 Å². The summed E-state index contributed by atoms with van der Waals surface area (Å²) in [4.78, 5) is 13.4. The molecule has 2 atom stereocenters. The zero-order valence-corrected chi connectivity index (χ0v) is 12.5. The lowest BCUT2D eigenvalue weighted by molar-refractivity contribution is -0.105. The zero-order chi connectivity index (χ0) is 15.6. The molecule has 7 heteroatoms. The maximum absolute atomic E-state index is 12.8. The molecule has 1 saturated heterocycles. The molecule has 0 aromatic heterocycles. The Labute approximate surface area is 118 Å². The SMILES string of the molecule is CC(F)(F)CO[C@H]1CN(C(=O)OC(C)(C)C)CC[C@H]1N. The van der Waals surface area contributed by atoms with Gasteiger partial charge in [-0.25, -0.2) is 13.6 Å². The molecule has 1 fully saturated rings. The van der Waals surface area contributed by atoms with Crippen LogP contribution in [0.2, 0.25) is 0 Å². The van der Waals surface area contributed by atoms with Crippen molar-refractivity contribution in [2.45, 2.75) is 57.8 Å². The van der Waals surface area contributed by atoms with Crippen LogP contribution in [-0.2, 0) is 9.47 Å². The Bertz CT molecular complexity index is 339. The van der Waals surface area contributed by atoms with Crippen molar-refractivity contribution in [2.24, 2.45) is 5.73 Å². The third-order valence-electron chi connectivity index (χ3n) is 2.81. The second-order valence-electron chi connectivity index (χ2n) is 6.30. The first kappa shape index (κ1) is 17.1. The van der Waals surface area contributed by atoms with Crippen molar-refractivity contribution >= 4 is 6.09 Å². The molecule has 5 nitrogen and oxygen atoms in total. The fraction of sp³-hybridized carbons (Fsp3) is 0.923. The second kappa shape index (κ2) is 6.22. The van der Waals surface area contributed by atoms with Gasteiger partial charge in [0.15, 0.2) is 0 Å².